The summed E-state index contributed by atoms with van der Waals surface area (Å²) < 4.78 is 4.92. The largest absolute Gasteiger partial charge is 0.432 e. The van der Waals surface area contributed by atoms with Gasteiger partial charge in [-0.15, -0.1) is 11.3 Å². The number of anilines is 1. The summed E-state index contributed by atoms with van der Waals surface area (Å²) in [5.74, 6) is -0.191. The molecule has 1 aliphatic rings. The van der Waals surface area contributed by atoms with Crippen molar-refractivity contribution in [3.8, 4) is 10.4 Å². The van der Waals surface area contributed by atoms with Crippen LogP contribution in [0.25, 0.3) is 10.4 Å². The number of piperidine rings is 1. The van der Waals surface area contributed by atoms with E-state index in [0.717, 1.165) is 40.6 Å². The van der Waals surface area contributed by atoms with Crippen molar-refractivity contribution in [1.29, 1.82) is 0 Å². The number of rotatable bonds is 7. The number of halogens is 1. The van der Waals surface area contributed by atoms with E-state index in [2.05, 4.69) is 20.2 Å². The molecule has 9 heteroatoms. The molecule has 0 amide bonds. The van der Waals surface area contributed by atoms with E-state index in [-0.39, 0.29) is 23.9 Å². The number of benzene rings is 1. The predicted octanol–water partition coefficient (Wildman–Crippen LogP) is 3.64. The number of ketones is 1. The van der Waals surface area contributed by atoms with Crippen molar-refractivity contribution in [2.24, 2.45) is 0 Å². The molecule has 0 aliphatic carbocycles. The summed E-state index contributed by atoms with van der Waals surface area (Å²) in [6.45, 7) is 3.01. The van der Waals surface area contributed by atoms with Gasteiger partial charge in [-0.1, -0.05) is 17.7 Å². The van der Waals surface area contributed by atoms with E-state index in [1.54, 1.807) is 11.3 Å². The molecule has 0 radical (unpaired) electrons. The smallest absolute Gasteiger partial charge is 0.292 e. The fraction of sp³-hybridized carbons (Fsp3) is 0.381. The van der Waals surface area contributed by atoms with Crippen LogP contribution in [0.2, 0.25) is 5.02 Å². The lowest BCUT2D eigenvalue weighted by Crippen LogP contribution is -2.43. The van der Waals surface area contributed by atoms with E-state index in [1.807, 2.05) is 31.4 Å². The Bertz CT molecular complexity index is 1030. The van der Waals surface area contributed by atoms with Crippen molar-refractivity contribution in [1.82, 2.24) is 20.2 Å². The number of hydrogen-bond donors (Lipinski definition) is 2. The van der Waals surface area contributed by atoms with Gasteiger partial charge < -0.3 is 15.5 Å². The molecule has 0 bridgehead atoms. The first-order valence-corrected chi connectivity index (χ1v) is 11.1. The Balaban J connectivity index is 1.47. The van der Waals surface area contributed by atoms with Gasteiger partial charge in [0.25, 0.3) is 6.01 Å². The predicted molar refractivity (Wildman–Crippen MR) is 119 cm³/mol. The zero-order valence-electron chi connectivity index (χ0n) is 16.7. The molecule has 0 saturated carbocycles. The highest BCUT2D eigenvalue weighted by Crippen LogP contribution is 2.31. The molecule has 1 aromatic carbocycles. The van der Waals surface area contributed by atoms with E-state index in [4.69, 9.17) is 21.8 Å². The van der Waals surface area contributed by atoms with Crippen molar-refractivity contribution in [3.63, 3.8) is 0 Å². The maximum atomic E-state index is 12.4. The molecule has 1 aliphatic heterocycles. The maximum Gasteiger partial charge on any atom is 0.292 e. The van der Waals surface area contributed by atoms with Crippen molar-refractivity contribution in [3.05, 3.63) is 51.9 Å². The number of carbonyl (C=O) groups is 1. The van der Waals surface area contributed by atoms with Gasteiger partial charge in [-0.05, 0) is 49.7 Å². The van der Waals surface area contributed by atoms with Crippen molar-refractivity contribution in [2.45, 2.75) is 31.8 Å². The summed E-state index contributed by atoms with van der Waals surface area (Å²) in [5, 5.41) is 5.01. The second-order valence-corrected chi connectivity index (χ2v) is 8.98. The third-order valence-electron chi connectivity index (χ3n) is 5.32. The number of oxazole rings is 1. The highest BCUT2D eigenvalue weighted by Gasteiger charge is 2.20. The number of aromatic nitrogens is 2. The van der Waals surface area contributed by atoms with Crippen molar-refractivity contribution in [2.75, 3.05) is 25.9 Å². The highest BCUT2D eigenvalue weighted by molar-refractivity contribution is 7.15. The Morgan fingerprint density at radius 1 is 1.47 bits per heavy atom. The van der Waals surface area contributed by atoms with E-state index in [0.29, 0.717) is 11.1 Å². The molecule has 2 aromatic heterocycles. The summed E-state index contributed by atoms with van der Waals surface area (Å²) >= 11 is 8.01. The number of nitrogens with zero attached hydrogens (tertiary/aromatic N) is 3. The minimum absolute atomic E-state index is 0.0230. The number of hydrogen-bond acceptors (Lipinski definition) is 8. The minimum Gasteiger partial charge on any atom is -0.432 e. The number of carbonyl (C=O) groups excluding carboxylic acids is 1. The Kier molecular flexibility index (Phi) is 6.48. The first-order valence-electron chi connectivity index (χ1n) is 9.89. The van der Waals surface area contributed by atoms with Gasteiger partial charge in [-0.3, -0.25) is 9.69 Å². The summed E-state index contributed by atoms with van der Waals surface area (Å²) in [5.41, 5.74) is 7.40. The molecular formula is C21H24ClN5O2S. The molecule has 1 fully saturated rings. The molecule has 3 aromatic rings. The first kappa shape index (κ1) is 21.0. The van der Waals surface area contributed by atoms with Crippen LogP contribution >= 0.6 is 22.9 Å². The lowest BCUT2D eigenvalue weighted by molar-refractivity contribution is 0.0988. The van der Waals surface area contributed by atoms with Crippen LogP contribution in [0, 0.1) is 0 Å². The standard InChI is InChI=1S/C21H24ClN5O2S/c1-24-15-3-2-6-27(10-15)11-20-25-9-19(30-20)13-4-5-16(22)14(7-13)8-18(28)17-12-29-21(23)26-17/h4-5,7,9,12,15,24H,2-3,6,8,10-11H2,1H3,(H2,23,26). The average molecular weight is 446 g/mol. The molecule has 7 nitrogen and oxygen atoms in total. The minimum atomic E-state index is -0.191. The zero-order chi connectivity index (χ0) is 21.1. The van der Waals surface area contributed by atoms with Gasteiger partial charge in [-0.2, -0.15) is 4.98 Å². The number of thiazole rings is 1. The van der Waals surface area contributed by atoms with Crippen LogP contribution in [0.4, 0.5) is 6.01 Å². The fourth-order valence-electron chi connectivity index (χ4n) is 3.69. The maximum absolute atomic E-state index is 12.4. The van der Waals surface area contributed by atoms with Gasteiger partial charge in [0.05, 0.1) is 11.4 Å². The second kappa shape index (κ2) is 9.26. The molecule has 0 spiro atoms. The van der Waals surface area contributed by atoms with Gasteiger partial charge in [0.1, 0.15) is 17.0 Å². The monoisotopic (exact) mass is 445 g/mol. The van der Waals surface area contributed by atoms with E-state index < -0.39 is 0 Å². The number of likely N-dealkylation sites (N-methyl/N-ethyl adjacent to an activating group) is 1. The molecule has 4 rings (SSSR count). The molecular weight excluding hydrogens is 422 g/mol. The number of nitrogens with one attached hydrogen (secondary N) is 1. The van der Waals surface area contributed by atoms with Crippen LogP contribution in [-0.4, -0.2) is 46.8 Å². The zero-order valence-corrected chi connectivity index (χ0v) is 18.3. The highest BCUT2D eigenvalue weighted by atomic mass is 35.5. The van der Waals surface area contributed by atoms with E-state index in [9.17, 15) is 4.79 Å². The topological polar surface area (TPSA) is 97.3 Å². The number of Topliss-reactive ketones (excluding diaryl/α,β-unsaturated/α-hetero) is 1. The van der Waals surface area contributed by atoms with Gasteiger partial charge in [0, 0.05) is 30.2 Å². The second-order valence-electron chi connectivity index (χ2n) is 7.46. The Morgan fingerprint density at radius 3 is 3.10 bits per heavy atom. The Hall–Kier alpha value is -2.26. The SMILES string of the molecule is CNC1CCCN(Cc2ncc(-c3ccc(Cl)c(CC(=O)c4coc(N)n4)c3)s2)C1. The lowest BCUT2D eigenvalue weighted by atomic mass is 10.0. The number of nitrogen functional groups attached to an aromatic ring is 1. The molecule has 3 N–H and O–H groups in total. The molecule has 3 heterocycles. The van der Waals surface area contributed by atoms with Crippen LogP contribution in [0.15, 0.2) is 35.1 Å². The van der Waals surface area contributed by atoms with Gasteiger partial charge in [0.2, 0.25) is 0 Å². The average Bonchev–Trinajstić information content (AvgIpc) is 3.39. The molecule has 158 valence electrons. The van der Waals surface area contributed by atoms with E-state index in [1.165, 1.54) is 19.1 Å². The number of nitrogens with two attached hydrogens (primary N) is 1. The summed E-state index contributed by atoms with van der Waals surface area (Å²) in [6, 6.07) is 6.25. The molecule has 30 heavy (non-hydrogen) atoms. The third-order valence-corrected chi connectivity index (χ3v) is 6.71. The van der Waals surface area contributed by atoms with Gasteiger partial charge in [-0.25, -0.2) is 4.98 Å². The first-order chi connectivity index (χ1) is 14.5. The summed E-state index contributed by atoms with van der Waals surface area (Å²) in [4.78, 5) is 24.5. The Labute approximate surface area is 184 Å². The normalized spacial score (nSPS) is 17.3. The molecule has 1 saturated heterocycles. The van der Waals surface area contributed by atoms with Crippen LogP contribution in [0.1, 0.15) is 33.9 Å². The lowest BCUT2D eigenvalue weighted by Gasteiger charge is -2.31. The van der Waals surface area contributed by atoms with Crippen LogP contribution in [-0.2, 0) is 13.0 Å². The fourth-order valence-corrected chi connectivity index (χ4v) is 4.83. The van der Waals surface area contributed by atoms with Gasteiger partial charge >= 0.3 is 0 Å². The summed E-state index contributed by atoms with van der Waals surface area (Å²) in [7, 11) is 2.02. The van der Waals surface area contributed by atoms with Crippen LogP contribution < -0.4 is 11.1 Å². The quantitative estimate of drug-likeness (QED) is 0.535. The van der Waals surface area contributed by atoms with Crippen LogP contribution in [0.3, 0.4) is 0 Å². The van der Waals surface area contributed by atoms with Crippen molar-refractivity contribution < 1.29 is 9.21 Å². The number of likely N-dealkylation sites (tertiary alicyclic amines) is 1. The summed E-state index contributed by atoms with van der Waals surface area (Å²) in [6.07, 6.45) is 5.72. The van der Waals surface area contributed by atoms with Crippen molar-refractivity contribution >= 4 is 34.7 Å². The molecule has 1 atom stereocenters. The third kappa shape index (κ3) is 4.89. The Morgan fingerprint density at radius 2 is 2.33 bits per heavy atom. The molecule has 1 unspecified atom stereocenters. The van der Waals surface area contributed by atoms with Gasteiger partial charge in [0.15, 0.2) is 5.78 Å². The van der Waals surface area contributed by atoms with Crippen LogP contribution in [0.5, 0.6) is 0 Å². The van der Waals surface area contributed by atoms with E-state index >= 15 is 0 Å².